The van der Waals surface area contributed by atoms with E-state index in [0.29, 0.717) is 16.5 Å². The number of halogens is 1. The molecule has 3 aromatic carbocycles. The minimum atomic E-state index is -3.99. The van der Waals surface area contributed by atoms with Crippen LogP contribution < -0.4 is 14.4 Å². The van der Waals surface area contributed by atoms with Crippen LogP contribution in [0.2, 0.25) is 5.02 Å². The van der Waals surface area contributed by atoms with Gasteiger partial charge in [0, 0.05) is 5.02 Å². The quantitative estimate of drug-likeness (QED) is 0.470. The van der Waals surface area contributed by atoms with E-state index in [-0.39, 0.29) is 24.6 Å². The number of hydrogen-bond donors (Lipinski definition) is 1. The molecular formula is C24H25ClN2O4S. The van der Waals surface area contributed by atoms with Crippen LogP contribution in [0.1, 0.15) is 11.1 Å². The van der Waals surface area contributed by atoms with Crippen LogP contribution in [0.25, 0.3) is 0 Å². The summed E-state index contributed by atoms with van der Waals surface area (Å²) in [5, 5.41) is 3.15. The zero-order chi connectivity index (χ0) is 23.1. The highest BCUT2D eigenvalue weighted by Gasteiger charge is 2.27. The van der Waals surface area contributed by atoms with E-state index in [1.807, 2.05) is 50.2 Å². The first-order valence-electron chi connectivity index (χ1n) is 10.1. The summed E-state index contributed by atoms with van der Waals surface area (Å²) in [5.41, 5.74) is 2.37. The van der Waals surface area contributed by atoms with Gasteiger partial charge in [0.25, 0.3) is 10.0 Å². The fraction of sp³-hybridized carbons (Fsp3) is 0.208. The van der Waals surface area contributed by atoms with Gasteiger partial charge in [0.05, 0.1) is 17.1 Å². The summed E-state index contributed by atoms with van der Waals surface area (Å²) in [7, 11) is -3.99. The van der Waals surface area contributed by atoms with Gasteiger partial charge in [-0.25, -0.2) is 8.42 Å². The highest BCUT2D eigenvalue weighted by molar-refractivity contribution is 7.92. The lowest BCUT2D eigenvalue weighted by Gasteiger charge is -2.25. The predicted octanol–water partition coefficient (Wildman–Crippen LogP) is 4.35. The van der Waals surface area contributed by atoms with Gasteiger partial charge in [-0.2, -0.15) is 0 Å². The average Bonchev–Trinajstić information content (AvgIpc) is 2.78. The van der Waals surface area contributed by atoms with Crippen LogP contribution in [0.3, 0.4) is 0 Å². The maximum absolute atomic E-state index is 13.4. The zero-order valence-electron chi connectivity index (χ0n) is 17.9. The second kappa shape index (κ2) is 10.5. The molecule has 32 heavy (non-hydrogen) atoms. The number of amides is 1. The number of nitrogens with zero attached hydrogens (tertiary/aromatic N) is 1. The molecule has 8 heteroatoms. The molecule has 0 aliphatic carbocycles. The smallest absolute Gasteiger partial charge is 0.264 e. The van der Waals surface area contributed by atoms with Crippen LogP contribution in [0.5, 0.6) is 5.75 Å². The Kier molecular flexibility index (Phi) is 7.77. The van der Waals surface area contributed by atoms with Crippen molar-refractivity contribution in [1.29, 1.82) is 0 Å². The molecule has 0 heterocycles. The molecule has 168 valence electrons. The van der Waals surface area contributed by atoms with Crippen LogP contribution in [0.15, 0.2) is 77.7 Å². The lowest BCUT2D eigenvalue weighted by atomic mass is 10.1. The Balaban J connectivity index is 1.75. The standard InChI is InChI=1S/C24H25ClN2O4S/c1-18-8-11-21(16-19(18)2)27(32(29,30)23-12-9-20(25)10-13-23)17-24(28)26-14-15-31-22-6-4-3-5-7-22/h3-13,16H,14-15,17H2,1-2H3,(H,26,28). The Hall–Kier alpha value is -3.03. The van der Waals surface area contributed by atoms with Crippen LogP contribution >= 0.6 is 11.6 Å². The molecule has 0 aliphatic rings. The van der Waals surface area contributed by atoms with Gasteiger partial charge < -0.3 is 10.1 Å². The number of para-hydroxylation sites is 1. The van der Waals surface area contributed by atoms with Gasteiger partial charge in [-0.1, -0.05) is 35.9 Å². The summed E-state index contributed by atoms with van der Waals surface area (Å²) in [4.78, 5) is 12.7. The number of carbonyl (C=O) groups excluding carboxylic acids is 1. The van der Waals surface area contributed by atoms with Gasteiger partial charge in [-0.15, -0.1) is 0 Å². The summed E-state index contributed by atoms with van der Waals surface area (Å²) in [6, 6.07) is 20.4. The minimum Gasteiger partial charge on any atom is -0.492 e. The molecule has 0 unspecified atom stereocenters. The molecule has 3 aromatic rings. The summed E-state index contributed by atoms with van der Waals surface area (Å²) in [6.45, 7) is 3.99. The monoisotopic (exact) mass is 472 g/mol. The summed E-state index contributed by atoms with van der Waals surface area (Å²) >= 11 is 5.91. The van der Waals surface area contributed by atoms with E-state index in [4.69, 9.17) is 16.3 Å². The number of aryl methyl sites for hydroxylation is 2. The van der Waals surface area contributed by atoms with Crippen LogP contribution in [0, 0.1) is 13.8 Å². The number of benzene rings is 3. The lowest BCUT2D eigenvalue weighted by Crippen LogP contribution is -2.42. The number of anilines is 1. The number of sulfonamides is 1. The highest BCUT2D eigenvalue weighted by atomic mass is 35.5. The van der Waals surface area contributed by atoms with E-state index in [1.54, 1.807) is 12.1 Å². The molecule has 0 aromatic heterocycles. The molecule has 0 atom stereocenters. The number of nitrogens with one attached hydrogen (secondary N) is 1. The van der Waals surface area contributed by atoms with E-state index >= 15 is 0 Å². The Morgan fingerprint density at radius 2 is 1.66 bits per heavy atom. The molecule has 0 bridgehead atoms. The van der Waals surface area contributed by atoms with Crippen molar-refractivity contribution < 1.29 is 17.9 Å². The lowest BCUT2D eigenvalue weighted by molar-refractivity contribution is -0.119. The van der Waals surface area contributed by atoms with Gasteiger partial charge in [-0.3, -0.25) is 9.10 Å². The average molecular weight is 473 g/mol. The minimum absolute atomic E-state index is 0.0559. The SMILES string of the molecule is Cc1ccc(N(CC(=O)NCCOc2ccccc2)S(=O)(=O)c2ccc(Cl)cc2)cc1C. The van der Waals surface area contributed by atoms with Crippen LogP contribution in [-0.4, -0.2) is 34.0 Å². The summed E-state index contributed by atoms with van der Waals surface area (Å²) in [6.07, 6.45) is 0. The maximum atomic E-state index is 13.4. The second-order valence-electron chi connectivity index (χ2n) is 7.25. The van der Waals surface area contributed by atoms with Crippen molar-refractivity contribution in [3.05, 3.63) is 88.9 Å². The van der Waals surface area contributed by atoms with Gasteiger partial charge >= 0.3 is 0 Å². The van der Waals surface area contributed by atoms with E-state index in [9.17, 15) is 13.2 Å². The van der Waals surface area contributed by atoms with E-state index in [1.165, 1.54) is 24.3 Å². The van der Waals surface area contributed by atoms with Gasteiger partial charge in [0.2, 0.25) is 5.91 Å². The fourth-order valence-corrected chi connectivity index (χ4v) is 4.53. The molecule has 0 spiro atoms. The van der Waals surface area contributed by atoms with Crippen molar-refractivity contribution >= 4 is 33.2 Å². The molecule has 0 saturated carbocycles. The Labute approximate surface area is 193 Å². The Morgan fingerprint density at radius 3 is 2.31 bits per heavy atom. The van der Waals surface area contributed by atoms with Crippen LogP contribution in [0.4, 0.5) is 5.69 Å². The molecule has 0 radical (unpaired) electrons. The second-order valence-corrected chi connectivity index (χ2v) is 9.54. The third kappa shape index (κ3) is 6.02. The number of hydrogen-bond acceptors (Lipinski definition) is 4. The van der Waals surface area contributed by atoms with Crippen molar-refractivity contribution in [1.82, 2.24) is 5.32 Å². The molecule has 0 fully saturated rings. The highest BCUT2D eigenvalue weighted by Crippen LogP contribution is 2.26. The number of ether oxygens (including phenoxy) is 1. The molecule has 6 nitrogen and oxygen atoms in total. The largest absolute Gasteiger partial charge is 0.492 e. The summed E-state index contributed by atoms with van der Waals surface area (Å²) in [5.74, 6) is 0.265. The predicted molar refractivity (Wildman–Crippen MR) is 127 cm³/mol. The van der Waals surface area contributed by atoms with Crippen molar-refractivity contribution in [2.45, 2.75) is 18.7 Å². The van der Waals surface area contributed by atoms with E-state index < -0.39 is 15.9 Å². The van der Waals surface area contributed by atoms with Gasteiger partial charge in [0.1, 0.15) is 18.9 Å². The third-order valence-corrected chi connectivity index (χ3v) is 6.94. The molecular weight excluding hydrogens is 448 g/mol. The normalized spacial score (nSPS) is 11.1. The maximum Gasteiger partial charge on any atom is 0.264 e. The molecule has 1 N–H and O–H groups in total. The zero-order valence-corrected chi connectivity index (χ0v) is 19.5. The van der Waals surface area contributed by atoms with Gasteiger partial charge in [-0.05, 0) is 73.5 Å². The molecule has 1 amide bonds. The van der Waals surface area contributed by atoms with Crippen molar-refractivity contribution in [2.75, 3.05) is 24.0 Å². The third-order valence-electron chi connectivity index (χ3n) is 4.90. The van der Waals surface area contributed by atoms with Gasteiger partial charge in [0.15, 0.2) is 0 Å². The molecule has 0 saturated heterocycles. The molecule has 3 rings (SSSR count). The molecule has 0 aliphatic heterocycles. The topological polar surface area (TPSA) is 75.7 Å². The van der Waals surface area contributed by atoms with E-state index in [2.05, 4.69) is 5.32 Å². The number of rotatable bonds is 9. The number of carbonyl (C=O) groups is 1. The Bertz CT molecular complexity index is 1170. The van der Waals surface area contributed by atoms with E-state index in [0.717, 1.165) is 15.4 Å². The first-order chi connectivity index (χ1) is 15.3. The van der Waals surface area contributed by atoms with Crippen molar-refractivity contribution in [3.8, 4) is 5.75 Å². The first-order valence-corrected chi connectivity index (χ1v) is 11.9. The first kappa shape index (κ1) is 23.6. The Morgan fingerprint density at radius 1 is 0.969 bits per heavy atom. The summed E-state index contributed by atoms with van der Waals surface area (Å²) < 4.78 is 33.4. The van der Waals surface area contributed by atoms with Crippen molar-refractivity contribution in [2.24, 2.45) is 0 Å². The van der Waals surface area contributed by atoms with Crippen molar-refractivity contribution in [3.63, 3.8) is 0 Å². The van der Waals surface area contributed by atoms with Crippen LogP contribution in [-0.2, 0) is 14.8 Å². The fourth-order valence-electron chi connectivity index (χ4n) is 2.99.